The van der Waals surface area contributed by atoms with E-state index in [1.54, 1.807) is 23.3 Å². The lowest BCUT2D eigenvalue weighted by Crippen LogP contribution is -2.30. The van der Waals surface area contributed by atoms with Gasteiger partial charge in [0, 0.05) is 27.0 Å². The smallest absolute Gasteiger partial charge is 0.283 e. The van der Waals surface area contributed by atoms with Crippen molar-refractivity contribution < 1.29 is 13.6 Å². The number of hydrogen-bond acceptors (Lipinski definition) is 5. The average molecular weight is 327 g/mol. The van der Waals surface area contributed by atoms with Crippen LogP contribution in [0.15, 0.2) is 54.6 Å². The summed E-state index contributed by atoms with van der Waals surface area (Å²) in [5.74, 6) is 0.415. The van der Waals surface area contributed by atoms with E-state index in [9.17, 15) is 4.79 Å². The zero-order chi connectivity index (χ0) is 16.2. The molecule has 6 nitrogen and oxygen atoms in total. The molecule has 0 bridgehead atoms. The Morgan fingerprint density at radius 2 is 1.87 bits per heavy atom. The molecule has 0 radical (unpaired) electrons. The fourth-order valence-corrected chi connectivity index (χ4v) is 2.74. The second-order valence-electron chi connectivity index (χ2n) is 4.70. The van der Waals surface area contributed by atoms with E-state index < -0.39 is 0 Å². The molecule has 1 amide bonds. The van der Waals surface area contributed by atoms with Crippen LogP contribution in [0, 0.1) is 0 Å². The predicted octanol–water partition coefficient (Wildman–Crippen LogP) is 2.26. The predicted molar refractivity (Wildman–Crippen MR) is 89.0 cm³/mol. The summed E-state index contributed by atoms with van der Waals surface area (Å²) in [6.45, 7) is 0. The summed E-state index contributed by atoms with van der Waals surface area (Å²) in [4.78, 5) is 12.3. The molecule has 0 fully saturated rings. The van der Waals surface area contributed by atoms with Gasteiger partial charge in [-0.25, -0.2) is 0 Å². The molecule has 1 heterocycles. The highest BCUT2D eigenvalue weighted by Gasteiger charge is 2.24. The van der Waals surface area contributed by atoms with Crippen molar-refractivity contribution in [2.24, 2.45) is 0 Å². The van der Waals surface area contributed by atoms with Gasteiger partial charge < -0.3 is 15.8 Å². The van der Waals surface area contributed by atoms with Crippen LogP contribution >= 0.6 is 11.5 Å². The number of methoxy groups -OCH3 is 1. The highest BCUT2D eigenvalue weighted by atomic mass is 32.1. The molecule has 116 valence electrons. The molecule has 0 saturated heterocycles. The van der Waals surface area contributed by atoms with E-state index in [-0.39, 0.29) is 11.6 Å². The van der Waals surface area contributed by atoms with Crippen LogP contribution < -0.4 is 19.9 Å². The van der Waals surface area contributed by atoms with Crippen molar-refractivity contribution in [2.75, 3.05) is 18.2 Å². The molecule has 0 spiro atoms. The van der Waals surface area contributed by atoms with Crippen LogP contribution in [0.25, 0.3) is 5.69 Å². The van der Waals surface area contributed by atoms with E-state index in [0.29, 0.717) is 10.7 Å². The van der Waals surface area contributed by atoms with Gasteiger partial charge in [0.2, 0.25) is 5.69 Å². The lowest BCUT2D eigenvalue weighted by Gasteiger charge is -2.00. The molecule has 7 heteroatoms. The number of nitrogen functional groups attached to an aromatic ring is 1. The molecule has 23 heavy (non-hydrogen) atoms. The van der Waals surface area contributed by atoms with Crippen LogP contribution in [-0.4, -0.2) is 18.1 Å². The van der Waals surface area contributed by atoms with Crippen LogP contribution in [0.3, 0.4) is 0 Å². The summed E-state index contributed by atoms with van der Waals surface area (Å²) in [6.07, 6.45) is 0. The van der Waals surface area contributed by atoms with E-state index in [2.05, 4.69) is 10.4 Å². The molecular formula is C16H15N4O2S+. The van der Waals surface area contributed by atoms with Crippen molar-refractivity contribution in [2.45, 2.75) is 0 Å². The van der Waals surface area contributed by atoms with Gasteiger partial charge in [0.1, 0.15) is 5.75 Å². The number of hydrogen-bond donors (Lipinski definition) is 2. The van der Waals surface area contributed by atoms with Gasteiger partial charge in [-0.1, -0.05) is 18.2 Å². The molecule has 3 aromatic rings. The second-order valence-corrected chi connectivity index (χ2v) is 5.66. The SMILES string of the molecule is COc1ccc(-[n+]2nc(C(=O)Nc3ccccc3)c(N)s2)cc1. The molecule has 0 aliphatic rings. The highest BCUT2D eigenvalue weighted by Crippen LogP contribution is 2.17. The zero-order valence-electron chi connectivity index (χ0n) is 12.4. The molecule has 0 aliphatic carbocycles. The van der Waals surface area contributed by atoms with Gasteiger partial charge in [0.15, 0.2) is 16.5 Å². The lowest BCUT2D eigenvalue weighted by molar-refractivity contribution is -0.588. The van der Waals surface area contributed by atoms with Crippen molar-refractivity contribution >= 4 is 28.1 Å². The van der Waals surface area contributed by atoms with Gasteiger partial charge in [-0.15, -0.1) is 0 Å². The number of para-hydroxylation sites is 1. The van der Waals surface area contributed by atoms with Crippen LogP contribution in [0.5, 0.6) is 5.75 Å². The third kappa shape index (κ3) is 3.29. The number of nitrogens with one attached hydrogen (secondary N) is 1. The number of carbonyl (C=O) groups excluding carboxylic acids is 1. The minimum atomic E-state index is -0.336. The number of anilines is 2. The fraction of sp³-hybridized carbons (Fsp3) is 0.0625. The summed E-state index contributed by atoms with van der Waals surface area (Å²) in [5, 5.41) is 7.42. The molecular weight excluding hydrogens is 312 g/mol. The summed E-state index contributed by atoms with van der Waals surface area (Å²) < 4.78 is 6.73. The Morgan fingerprint density at radius 1 is 1.17 bits per heavy atom. The van der Waals surface area contributed by atoms with Gasteiger partial charge >= 0.3 is 0 Å². The maximum atomic E-state index is 12.3. The van der Waals surface area contributed by atoms with Crippen molar-refractivity contribution in [1.29, 1.82) is 0 Å². The van der Waals surface area contributed by atoms with E-state index in [0.717, 1.165) is 11.4 Å². The molecule has 0 unspecified atom stereocenters. The number of nitrogens with zero attached hydrogens (tertiary/aromatic N) is 2. The van der Waals surface area contributed by atoms with Crippen LogP contribution in [-0.2, 0) is 0 Å². The van der Waals surface area contributed by atoms with Crippen LogP contribution in [0.1, 0.15) is 10.5 Å². The average Bonchev–Trinajstić information content (AvgIpc) is 2.98. The Labute approximate surface area is 137 Å². The number of nitrogens with two attached hydrogens (primary N) is 1. The zero-order valence-corrected chi connectivity index (χ0v) is 13.2. The first kappa shape index (κ1) is 15.0. The second kappa shape index (κ2) is 6.45. The monoisotopic (exact) mass is 327 g/mol. The molecule has 0 aliphatic heterocycles. The summed E-state index contributed by atoms with van der Waals surface area (Å²) in [5.41, 5.74) is 7.64. The first-order valence-corrected chi connectivity index (χ1v) is 7.64. The largest absolute Gasteiger partial charge is 0.497 e. The van der Waals surface area contributed by atoms with Gasteiger partial charge in [-0.3, -0.25) is 4.79 Å². The first-order chi connectivity index (χ1) is 11.2. The normalized spacial score (nSPS) is 10.3. The number of benzene rings is 2. The van der Waals surface area contributed by atoms with Crippen molar-refractivity contribution in [1.82, 2.24) is 5.10 Å². The van der Waals surface area contributed by atoms with Gasteiger partial charge in [0.25, 0.3) is 11.6 Å². The number of rotatable bonds is 4. The quantitative estimate of drug-likeness (QED) is 0.720. The van der Waals surface area contributed by atoms with E-state index in [1.807, 2.05) is 42.5 Å². The molecule has 3 rings (SSSR count). The van der Waals surface area contributed by atoms with Crippen LogP contribution in [0.4, 0.5) is 10.7 Å². The number of carbonyl (C=O) groups is 1. The Kier molecular flexibility index (Phi) is 4.20. The van der Waals surface area contributed by atoms with Crippen molar-refractivity contribution in [3.8, 4) is 11.4 Å². The van der Waals surface area contributed by atoms with Gasteiger partial charge in [-0.2, -0.15) is 0 Å². The Balaban J connectivity index is 1.84. The third-order valence-electron chi connectivity index (χ3n) is 3.15. The lowest BCUT2D eigenvalue weighted by atomic mass is 10.3. The Bertz CT molecular complexity index is 816. The van der Waals surface area contributed by atoms with Crippen molar-refractivity contribution in [3.05, 3.63) is 60.3 Å². The summed E-state index contributed by atoms with van der Waals surface area (Å²) >= 11 is 1.20. The number of amides is 1. The number of aromatic nitrogens is 2. The third-order valence-corrected chi connectivity index (χ3v) is 4.00. The molecule has 2 aromatic carbocycles. The van der Waals surface area contributed by atoms with Crippen molar-refractivity contribution in [3.63, 3.8) is 0 Å². The number of ether oxygens (including phenoxy) is 1. The summed E-state index contributed by atoms with van der Waals surface area (Å²) in [7, 11) is 1.61. The minimum absolute atomic E-state index is 0.203. The summed E-state index contributed by atoms with van der Waals surface area (Å²) in [6, 6.07) is 16.5. The van der Waals surface area contributed by atoms with E-state index >= 15 is 0 Å². The maximum Gasteiger partial charge on any atom is 0.283 e. The molecule has 0 atom stereocenters. The Morgan fingerprint density at radius 3 is 2.52 bits per heavy atom. The van der Waals surface area contributed by atoms with Gasteiger partial charge in [-0.05, 0) is 24.3 Å². The molecule has 3 N–H and O–H groups in total. The first-order valence-electron chi connectivity index (χ1n) is 6.87. The standard InChI is InChI=1S/C16H14N4O2S/c1-22-13-9-7-12(8-10-13)20-19-14(15(17)23-20)16(21)18-11-5-3-2-4-6-11/h2-10,17H,1H3,(H,18,21)/p+1. The minimum Gasteiger partial charge on any atom is -0.497 e. The molecule has 0 saturated carbocycles. The fourth-order valence-electron chi connectivity index (χ4n) is 1.99. The van der Waals surface area contributed by atoms with Crippen LogP contribution in [0.2, 0.25) is 0 Å². The topological polar surface area (TPSA) is 81.1 Å². The van der Waals surface area contributed by atoms with E-state index in [1.165, 1.54) is 11.5 Å². The van der Waals surface area contributed by atoms with Gasteiger partial charge in [0.05, 0.1) is 7.11 Å². The Hall–Kier alpha value is -2.93. The highest BCUT2D eigenvalue weighted by molar-refractivity contribution is 7.06. The molecule has 1 aromatic heterocycles. The van der Waals surface area contributed by atoms with E-state index in [4.69, 9.17) is 10.5 Å². The maximum absolute atomic E-state index is 12.3.